The lowest BCUT2D eigenvalue weighted by Crippen LogP contribution is -2.31. The summed E-state index contributed by atoms with van der Waals surface area (Å²) >= 11 is 9.57. The van der Waals surface area contributed by atoms with Crippen LogP contribution in [0, 0.1) is 6.92 Å². The molecule has 0 fully saturated rings. The van der Waals surface area contributed by atoms with Crippen molar-refractivity contribution in [2.24, 2.45) is 7.05 Å². The number of aromatic nitrogens is 2. The highest BCUT2D eigenvalue weighted by atomic mass is 79.9. The fraction of sp³-hybridized carbons (Fsp3) is 0.333. The quantitative estimate of drug-likeness (QED) is 0.722. The van der Waals surface area contributed by atoms with Gasteiger partial charge in [-0.25, -0.2) is 0 Å². The average Bonchev–Trinajstić information content (AvgIpc) is 2.77. The number of aryl methyl sites for hydroxylation is 3. The minimum Gasteiger partial charge on any atom is -0.350 e. The van der Waals surface area contributed by atoms with Crippen molar-refractivity contribution >= 4 is 39.5 Å². The van der Waals surface area contributed by atoms with Crippen molar-refractivity contribution < 1.29 is 4.79 Å². The maximum absolute atomic E-state index is 12.0. The number of nitrogens with one attached hydrogen (secondary N) is 1. The first-order valence-electron chi connectivity index (χ1n) is 7.79. The Kier molecular flexibility index (Phi) is 6.63. The molecule has 1 aromatic heterocycles. The van der Waals surface area contributed by atoms with Crippen LogP contribution >= 0.6 is 27.5 Å². The van der Waals surface area contributed by atoms with Gasteiger partial charge in [-0.15, -0.1) is 0 Å². The number of rotatable bonds is 6. The summed E-state index contributed by atoms with van der Waals surface area (Å²) in [7, 11) is 1.77. The Bertz CT molecular complexity index is 737. The van der Waals surface area contributed by atoms with Crippen LogP contribution in [0.4, 0.5) is 0 Å². The number of carbonyl (C=O) groups excluding carboxylic acids is 1. The summed E-state index contributed by atoms with van der Waals surface area (Å²) in [5, 5.41) is 7.72. The summed E-state index contributed by atoms with van der Waals surface area (Å²) in [6.07, 6.45) is 5.02. The van der Waals surface area contributed by atoms with Gasteiger partial charge in [0.1, 0.15) is 5.15 Å². The summed E-state index contributed by atoms with van der Waals surface area (Å²) in [4.78, 5) is 12.0. The molecule has 1 heterocycles. The summed E-state index contributed by atoms with van der Waals surface area (Å²) in [5.74, 6) is -0.127. The molecule has 1 amide bonds. The van der Waals surface area contributed by atoms with E-state index in [2.05, 4.69) is 38.5 Å². The summed E-state index contributed by atoms with van der Waals surface area (Å²) in [6, 6.07) is 8.33. The van der Waals surface area contributed by atoms with E-state index in [-0.39, 0.29) is 11.9 Å². The summed E-state index contributed by atoms with van der Waals surface area (Å²) in [6.45, 7) is 3.87. The van der Waals surface area contributed by atoms with Crippen LogP contribution in [0.25, 0.3) is 6.08 Å². The lowest BCUT2D eigenvalue weighted by molar-refractivity contribution is -0.117. The van der Waals surface area contributed by atoms with Crippen LogP contribution < -0.4 is 5.32 Å². The van der Waals surface area contributed by atoms with Gasteiger partial charge < -0.3 is 5.32 Å². The highest BCUT2D eigenvalue weighted by Crippen LogP contribution is 2.19. The molecule has 1 N–H and O–H groups in total. The van der Waals surface area contributed by atoms with Gasteiger partial charge in [0, 0.05) is 29.2 Å². The number of hydrogen-bond donors (Lipinski definition) is 1. The Hall–Kier alpha value is -1.59. The van der Waals surface area contributed by atoms with E-state index < -0.39 is 0 Å². The first kappa shape index (κ1) is 18.7. The molecule has 24 heavy (non-hydrogen) atoms. The zero-order valence-electron chi connectivity index (χ0n) is 14.0. The molecular weight excluding hydrogens is 390 g/mol. The molecule has 1 aromatic carbocycles. The third-order valence-electron chi connectivity index (χ3n) is 3.77. The topological polar surface area (TPSA) is 46.9 Å². The smallest absolute Gasteiger partial charge is 0.244 e. The summed E-state index contributed by atoms with van der Waals surface area (Å²) < 4.78 is 2.66. The van der Waals surface area contributed by atoms with Crippen molar-refractivity contribution in [2.45, 2.75) is 32.7 Å². The average molecular weight is 411 g/mol. The minimum absolute atomic E-state index is 0.0938. The van der Waals surface area contributed by atoms with Gasteiger partial charge in [0.25, 0.3) is 0 Å². The Morgan fingerprint density at radius 3 is 2.67 bits per heavy atom. The van der Waals surface area contributed by atoms with Crippen LogP contribution in [-0.4, -0.2) is 21.7 Å². The van der Waals surface area contributed by atoms with Crippen LogP contribution in [0.1, 0.15) is 30.2 Å². The number of hydrogen-bond acceptors (Lipinski definition) is 2. The predicted molar refractivity (Wildman–Crippen MR) is 102 cm³/mol. The van der Waals surface area contributed by atoms with Gasteiger partial charge in [0.2, 0.25) is 5.91 Å². The van der Waals surface area contributed by atoms with Gasteiger partial charge in [0.15, 0.2) is 0 Å². The molecule has 4 nitrogen and oxygen atoms in total. The number of carbonyl (C=O) groups is 1. The van der Waals surface area contributed by atoms with E-state index in [1.165, 1.54) is 11.6 Å². The number of amides is 1. The van der Waals surface area contributed by atoms with Gasteiger partial charge in [-0.3, -0.25) is 9.48 Å². The van der Waals surface area contributed by atoms with E-state index in [4.69, 9.17) is 11.6 Å². The molecule has 2 aromatic rings. The molecule has 2 rings (SSSR count). The van der Waals surface area contributed by atoms with Crippen LogP contribution in [-0.2, 0) is 18.3 Å². The third kappa shape index (κ3) is 5.21. The summed E-state index contributed by atoms with van der Waals surface area (Å²) in [5.41, 5.74) is 2.83. The number of benzene rings is 1. The first-order valence-corrected chi connectivity index (χ1v) is 8.96. The van der Waals surface area contributed by atoms with E-state index in [1.54, 1.807) is 17.8 Å². The monoisotopic (exact) mass is 409 g/mol. The second-order valence-electron chi connectivity index (χ2n) is 5.82. The first-order chi connectivity index (χ1) is 11.4. The van der Waals surface area contributed by atoms with Crippen molar-refractivity contribution in [1.82, 2.24) is 15.1 Å². The molecule has 0 aliphatic carbocycles. The second-order valence-corrected chi connectivity index (χ2v) is 7.10. The Balaban J connectivity index is 1.85. The molecule has 128 valence electrons. The fourth-order valence-corrected chi connectivity index (χ4v) is 2.89. The lowest BCUT2D eigenvalue weighted by atomic mass is 10.1. The molecule has 6 heteroatoms. The highest BCUT2D eigenvalue weighted by Gasteiger charge is 2.09. The van der Waals surface area contributed by atoms with E-state index in [0.717, 1.165) is 28.6 Å². The highest BCUT2D eigenvalue weighted by molar-refractivity contribution is 9.10. The van der Waals surface area contributed by atoms with E-state index in [1.807, 2.05) is 26.0 Å². The van der Waals surface area contributed by atoms with Crippen LogP contribution in [0.3, 0.4) is 0 Å². The van der Waals surface area contributed by atoms with E-state index in [9.17, 15) is 4.79 Å². The predicted octanol–water partition coefficient (Wildman–Crippen LogP) is 4.30. The molecule has 0 radical (unpaired) electrons. The van der Waals surface area contributed by atoms with Gasteiger partial charge >= 0.3 is 0 Å². The molecule has 0 spiro atoms. The second kappa shape index (κ2) is 8.49. The Labute approximate surface area is 156 Å². The third-order valence-corrected chi connectivity index (χ3v) is 4.74. The fourth-order valence-electron chi connectivity index (χ4n) is 2.39. The minimum atomic E-state index is -0.127. The van der Waals surface area contributed by atoms with Crippen LogP contribution in [0.15, 0.2) is 34.8 Å². The largest absolute Gasteiger partial charge is 0.350 e. The molecule has 1 unspecified atom stereocenters. The number of halogens is 2. The molecule has 0 aliphatic heterocycles. The molecule has 1 atom stereocenters. The van der Waals surface area contributed by atoms with Gasteiger partial charge in [-0.05, 0) is 50.5 Å². The lowest BCUT2D eigenvalue weighted by Gasteiger charge is -2.12. The van der Waals surface area contributed by atoms with E-state index >= 15 is 0 Å². The zero-order chi connectivity index (χ0) is 17.7. The molecule has 0 bridgehead atoms. The maximum atomic E-state index is 12.0. The van der Waals surface area contributed by atoms with Gasteiger partial charge in [-0.1, -0.05) is 39.7 Å². The maximum Gasteiger partial charge on any atom is 0.244 e. The van der Waals surface area contributed by atoms with Crippen LogP contribution in [0.2, 0.25) is 5.15 Å². The van der Waals surface area contributed by atoms with Crippen molar-refractivity contribution in [2.75, 3.05) is 0 Å². The molecule has 0 saturated carbocycles. The molecular formula is C18H21BrClN3O. The van der Waals surface area contributed by atoms with Gasteiger partial charge in [0.05, 0.1) is 5.69 Å². The Morgan fingerprint density at radius 1 is 1.42 bits per heavy atom. The number of nitrogens with zero attached hydrogens (tertiary/aromatic N) is 2. The zero-order valence-corrected chi connectivity index (χ0v) is 16.4. The van der Waals surface area contributed by atoms with E-state index in [0.29, 0.717) is 5.15 Å². The SMILES string of the molecule is Cc1nn(C)c(Cl)c1/C=C/C(=O)NC(C)CCc1ccc(Br)cc1. The van der Waals surface area contributed by atoms with Gasteiger partial charge in [-0.2, -0.15) is 5.10 Å². The van der Waals surface area contributed by atoms with Crippen LogP contribution in [0.5, 0.6) is 0 Å². The van der Waals surface area contributed by atoms with Crippen molar-refractivity contribution in [3.05, 3.63) is 56.8 Å². The van der Waals surface area contributed by atoms with Crippen molar-refractivity contribution in [3.8, 4) is 0 Å². The standard InChI is InChI=1S/C18H21BrClN3O/c1-12(4-5-14-6-8-15(19)9-7-14)21-17(24)11-10-16-13(2)22-23(3)18(16)20/h6-12H,4-5H2,1-3H3,(H,21,24)/b11-10+. The van der Waals surface area contributed by atoms with Crippen molar-refractivity contribution in [3.63, 3.8) is 0 Å². The molecule has 0 aliphatic rings. The normalized spacial score (nSPS) is 12.5. The van der Waals surface area contributed by atoms with Crippen molar-refractivity contribution in [1.29, 1.82) is 0 Å². The Morgan fingerprint density at radius 2 is 2.08 bits per heavy atom. The molecule has 0 saturated heterocycles.